The molecule has 2 aromatic carbocycles. The van der Waals surface area contributed by atoms with Gasteiger partial charge in [-0.3, -0.25) is 0 Å². The van der Waals surface area contributed by atoms with E-state index < -0.39 is 0 Å². The van der Waals surface area contributed by atoms with E-state index in [0.29, 0.717) is 12.5 Å². The molecule has 0 radical (unpaired) electrons. The maximum absolute atomic E-state index is 5.62. The van der Waals surface area contributed by atoms with Crippen molar-refractivity contribution < 1.29 is 4.74 Å². The molecular formula is C15H15ClO. The highest BCUT2D eigenvalue weighted by molar-refractivity contribution is 6.17. The third kappa shape index (κ3) is 3.50. The largest absolute Gasteiger partial charge is 0.494 e. The first-order valence-corrected chi connectivity index (χ1v) is 6.28. The lowest BCUT2D eigenvalue weighted by Gasteiger charge is -2.07. The molecule has 0 aliphatic carbocycles. The summed E-state index contributed by atoms with van der Waals surface area (Å²) in [6, 6.07) is 18.4. The Hall–Kier alpha value is -1.47. The number of hydrogen-bond donors (Lipinski definition) is 0. The van der Waals surface area contributed by atoms with Crippen LogP contribution in [0.5, 0.6) is 5.75 Å². The number of benzene rings is 2. The van der Waals surface area contributed by atoms with Gasteiger partial charge in [-0.15, -0.1) is 11.6 Å². The van der Waals surface area contributed by atoms with Gasteiger partial charge in [0.25, 0.3) is 0 Å². The molecule has 0 saturated heterocycles. The summed E-state index contributed by atoms with van der Waals surface area (Å²) in [7, 11) is 0. The second kappa shape index (κ2) is 6.31. The van der Waals surface area contributed by atoms with Crippen LogP contribution in [0.1, 0.15) is 6.42 Å². The minimum Gasteiger partial charge on any atom is -0.494 e. The van der Waals surface area contributed by atoms with Crippen molar-refractivity contribution in [3.8, 4) is 16.9 Å². The molecule has 0 amide bonds. The van der Waals surface area contributed by atoms with Crippen LogP contribution in [0.15, 0.2) is 54.6 Å². The van der Waals surface area contributed by atoms with E-state index in [-0.39, 0.29) is 0 Å². The van der Waals surface area contributed by atoms with Crippen molar-refractivity contribution in [3.05, 3.63) is 54.6 Å². The van der Waals surface area contributed by atoms with Crippen LogP contribution in [-0.4, -0.2) is 12.5 Å². The Balaban J connectivity index is 2.12. The Bertz CT molecular complexity index is 453. The molecule has 17 heavy (non-hydrogen) atoms. The fourth-order valence-corrected chi connectivity index (χ4v) is 1.75. The van der Waals surface area contributed by atoms with E-state index in [9.17, 15) is 0 Å². The molecule has 0 fully saturated rings. The minimum absolute atomic E-state index is 0.637. The van der Waals surface area contributed by atoms with Crippen LogP contribution in [0.25, 0.3) is 11.1 Å². The molecule has 0 atom stereocenters. The first-order valence-electron chi connectivity index (χ1n) is 5.74. The molecule has 2 aromatic rings. The fraction of sp³-hybridized carbons (Fsp3) is 0.200. The second-order valence-corrected chi connectivity index (χ2v) is 4.16. The fourth-order valence-electron chi connectivity index (χ4n) is 1.64. The van der Waals surface area contributed by atoms with Gasteiger partial charge in [0.15, 0.2) is 0 Å². The molecule has 0 spiro atoms. The summed E-state index contributed by atoms with van der Waals surface area (Å²) in [6.45, 7) is 0.668. The molecule has 0 aromatic heterocycles. The molecule has 0 N–H and O–H groups in total. The number of halogens is 1. The van der Waals surface area contributed by atoms with E-state index >= 15 is 0 Å². The molecule has 88 valence electrons. The van der Waals surface area contributed by atoms with Gasteiger partial charge in [0.2, 0.25) is 0 Å². The van der Waals surface area contributed by atoms with Gasteiger partial charge in [0, 0.05) is 5.88 Å². The van der Waals surface area contributed by atoms with Crippen LogP contribution in [0, 0.1) is 0 Å². The van der Waals surface area contributed by atoms with Crippen molar-refractivity contribution in [1.29, 1.82) is 0 Å². The highest BCUT2D eigenvalue weighted by atomic mass is 35.5. The Morgan fingerprint density at radius 1 is 0.882 bits per heavy atom. The average Bonchev–Trinajstić information content (AvgIpc) is 2.41. The summed E-state index contributed by atoms with van der Waals surface area (Å²) in [4.78, 5) is 0. The van der Waals surface area contributed by atoms with Crippen molar-refractivity contribution >= 4 is 11.6 Å². The molecular weight excluding hydrogens is 232 g/mol. The van der Waals surface area contributed by atoms with Crippen LogP contribution in [0.3, 0.4) is 0 Å². The Morgan fingerprint density at radius 2 is 1.65 bits per heavy atom. The molecule has 2 heteroatoms. The molecule has 0 aliphatic rings. The summed E-state index contributed by atoms with van der Waals surface area (Å²) in [6.07, 6.45) is 0.872. The predicted octanol–water partition coefficient (Wildman–Crippen LogP) is 4.36. The Labute approximate surface area is 107 Å². The maximum atomic E-state index is 5.62. The molecule has 0 heterocycles. The lowest BCUT2D eigenvalue weighted by Crippen LogP contribution is -1.97. The van der Waals surface area contributed by atoms with Crippen molar-refractivity contribution in [2.24, 2.45) is 0 Å². The van der Waals surface area contributed by atoms with Gasteiger partial charge in [-0.1, -0.05) is 42.5 Å². The van der Waals surface area contributed by atoms with E-state index in [1.165, 1.54) is 11.1 Å². The zero-order valence-electron chi connectivity index (χ0n) is 9.60. The van der Waals surface area contributed by atoms with E-state index in [1.807, 2.05) is 30.3 Å². The Morgan fingerprint density at radius 3 is 2.41 bits per heavy atom. The summed E-state index contributed by atoms with van der Waals surface area (Å²) in [5, 5.41) is 0. The van der Waals surface area contributed by atoms with Gasteiger partial charge in [-0.25, -0.2) is 0 Å². The molecule has 2 rings (SSSR count). The lowest BCUT2D eigenvalue weighted by atomic mass is 10.1. The number of rotatable bonds is 5. The summed E-state index contributed by atoms with van der Waals surface area (Å²) in [5.41, 5.74) is 2.38. The molecule has 0 saturated carbocycles. The molecule has 1 nitrogen and oxygen atoms in total. The molecule has 0 aliphatic heterocycles. The highest BCUT2D eigenvalue weighted by Gasteiger charge is 1.99. The zero-order valence-corrected chi connectivity index (χ0v) is 10.4. The van der Waals surface area contributed by atoms with Gasteiger partial charge in [0.1, 0.15) is 5.75 Å². The van der Waals surface area contributed by atoms with Crippen molar-refractivity contribution in [2.45, 2.75) is 6.42 Å². The standard InChI is InChI=1S/C15H15ClO/c16-10-5-11-17-15-9-4-8-14(12-15)13-6-2-1-3-7-13/h1-4,6-9,12H,5,10-11H2. The monoisotopic (exact) mass is 246 g/mol. The lowest BCUT2D eigenvalue weighted by molar-refractivity contribution is 0.318. The van der Waals surface area contributed by atoms with Crippen LogP contribution in [0.4, 0.5) is 0 Å². The van der Waals surface area contributed by atoms with Crippen LogP contribution in [-0.2, 0) is 0 Å². The minimum atomic E-state index is 0.637. The van der Waals surface area contributed by atoms with Crippen LogP contribution in [0.2, 0.25) is 0 Å². The smallest absolute Gasteiger partial charge is 0.119 e. The average molecular weight is 247 g/mol. The zero-order chi connectivity index (χ0) is 11.9. The third-order valence-corrected chi connectivity index (χ3v) is 2.76. The summed E-state index contributed by atoms with van der Waals surface area (Å²) < 4.78 is 5.62. The third-order valence-electron chi connectivity index (χ3n) is 2.49. The number of hydrogen-bond acceptors (Lipinski definition) is 1. The maximum Gasteiger partial charge on any atom is 0.119 e. The van der Waals surface area contributed by atoms with Crippen molar-refractivity contribution in [3.63, 3.8) is 0 Å². The quantitative estimate of drug-likeness (QED) is 0.563. The SMILES string of the molecule is ClCCCOc1cccc(-c2ccccc2)c1. The van der Waals surface area contributed by atoms with Gasteiger partial charge in [-0.05, 0) is 29.7 Å². The Kier molecular flexibility index (Phi) is 4.45. The number of alkyl halides is 1. The number of ether oxygens (including phenoxy) is 1. The van der Waals surface area contributed by atoms with E-state index in [4.69, 9.17) is 16.3 Å². The van der Waals surface area contributed by atoms with E-state index in [1.54, 1.807) is 0 Å². The predicted molar refractivity (Wildman–Crippen MR) is 72.7 cm³/mol. The van der Waals surface area contributed by atoms with Gasteiger partial charge in [-0.2, -0.15) is 0 Å². The van der Waals surface area contributed by atoms with Crippen LogP contribution >= 0.6 is 11.6 Å². The van der Waals surface area contributed by atoms with E-state index in [2.05, 4.69) is 24.3 Å². The van der Waals surface area contributed by atoms with Crippen LogP contribution < -0.4 is 4.74 Å². The first-order chi connectivity index (χ1) is 8.40. The second-order valence-electron chi connectivity index (χ2n) is 3.78. The summed E-state index contributed by atoms with van der Waals surface area (Å²) in [5.74, 6) is 1.54. The van der Waals surface area contributed by atoms with Gasteiger partial charge in [0.05, 0.1) is 6.61 Å². The van der Waals surface area contributed by atoms with Gasteiger partial charge < -0.3 is 4.74 Å². The normalized spacial score (nSPS) is 10.2. The van der Waals surface area contributed by atoms with E-state index in [0.717, 1.165) is 12.2 Å². The topological polar surface area (TPSA) is 9.23 Å². The summed E-state index contributed by atoms with van der Waals surface area (Å²) >= 11 is 5.61. The molecule has 0 bridgehead atoms. The highest BCUT2D eigenvalue weighted by Crippen LogP contribution is 2.23. The molecule has 0 unspecified atom stereocenters. The first kappa shape index (κ1) is 12.0. The van der Waals surface area contributed by atoms with Crippen molar-refractivity contribution in [1.82, 2.24) is 0 Å². The van der Waals surface area contributed by atoms with Gasteiger partial charge >= 0.3 is 0 Å². The van der Waals surface area contributed by atoms with Crippen molar-refractivity contribution in [2.75, 3.05) is 12.5 Å².